The lowest BCUT2D eigenvalue weighted by Crippen LogP contribution is -2.21. The highest BCUT2D eigenvalue weighted by Gasteiger charge is 2.28. The molecule has 0 fully saturated rings. The van der Waals surface area contributed by atoms with E-state index in [0.29, 0.717) is 30.4 Å². The van der Waals surface area contributed by atoms with Crippen molar-refractivity contribution in [1.82, 2.24) is 0 Å². The zero-order valence-electron chi connectivity index (χ0n) is 19.9. The molecular formula is C29H30N2O3. The summed E-state index contributed by atoms with van der Waals surface area (Å²) >= 11 is 0. The third-order valence-electron chi connectivity index (χ3n) is 5.93. The lowest BCUT2D eigenvalue weighted by atomic mass is 9.98. The Kier molecular flexibility index (Phi) is 7.43. The molecular weight excluding hydrogens is 424 g/mol. The topological polar surface area (TPSA) is 51.1 Å². The van der Waals surface area contributed by atoms with E-state index in [0.717, 1.165) is 29.2 Å². The van der Waals surface area contributed by atoms with Gasteiger partial charge in [-0.3, -0.25) is 4.79 Å². The molecule has 0 N–H and O–H groups in total. The van der Waals surface area contributed by atoms with Gasteiger partial charge in [0.2, 0.25) is 0 Å². The van der Waals surface area contributed by atoms with Crippen molar-refractivity contribution in [2.45, 2.75) is 33.1 Å². The van der Waals surface area contributed by atoms with Gasteiger partial charge in [0.1, 0.15) is 24.7 Å². The van der Waals surface area contributed by atoms with Crippen molar-refractivity contribution in [3.05, 3.63) is 95.6 Å². The minimum absolute atomic E-state index is 0.126. The molecule has 174 valence electrons. The van der Waals surface area contributed by atoms with Gasteiger partial charge in [0.15, 0.2) is 0 Å². The molecule has 0 aromatic heterocycles. The number of carbonyl (C=O) groups is 1. The summed E-state index contributed by atoms with van der Waals surface area (Å²) in [6, 6.07) is 25.3. The van der Waals surface area contributed by atoms with Crippen molar-refractivity contribution in [3.63, 3.8) is 0 Å². The van der Waals surface area contributed by atoms with Crippen LogP contribution in [0.25, 0.3) is 6.08 Å². The van der Waals surface area contributed by atoms with E-state index in [9.17, 15) is 4.79 Å². The van der Waals surface area contributed by atoms with Crippen LogP contribution < -0.4 is 14.5 Å². The number of para-hydroxylation sites is 2. The van der Waals surface area contributed by atoms with E-state index in [-0.39, 0.29) is 5.91 Å². The molecule has 34 heavy (non-hydrogen) atoms. The lowest BCUT2D eigenvalue weighted by Gasteiger charge is -2.16. The van der Waals surface area contributed by atoms with Crippen LogP contribution in [0.4, 0.5) is 5.69 Å². The highest BCUT2D eigenvalue weighted by Crippen LogP contribution is 2.28. The van der Waals surface area contributed by atoms with Gasteiger partial charge < -0.3 is 9.47 Å². The van der Waals surface area contributed by atoms with Gasteiger partial charge in [-0.15, -0.1) is 0 Å². The Bertz CT molecular complexity index is 1180. The molecule has 0 spiro atoms. The zero-order valence-corrected chi connectivity index (χ0v) is 19.9. The van der Waals surface area contributed by atoms with Crippen LogP contribution in [0.5, 0.6) is 11.5 Å². The second-order valence-corrected chi connectivity index (χ2v) is 8.31. The van der Waals surface area contributed by atoms with Crippen LogP contribution in [0, 0.1) is 0 Å². The number of benzene rings is 3. The van der Waals surface area contributed by atoms with Crippen molar-refractivity contribution in [3.8, 4) is 11.5 Å². The van der Waals surface area contributed by atoms with Crippen LogP contribution in [0.2, 0.25) is 0 Å². The molecule has 1 aliphatic heterocycles. The van der Waals surface area contributed by atoms with Crippen LogP contribution in [0.1, 0.15) is 44.2 Å². The highest BCUT2D eigenvalue weighted by atomic mass is 16.5. The number of hydrogen-bond acceptors (Lipinski definition) is 4. The molecule has 4 rings (SSSR count). The van der Waals surface area contributed by atoms with E-state index in [1.807, 2.05) is 85.8 Å². The summed E-state index contributed by atoms with van der Waals surface area (Å²) in [5.41, 5.74) is 4.19. The molecule has 0 radical (unpaired) electrons. The molecule has 1 aliphatic rings. The minimum atomic E-state index is -0.126. The number of carbonyl (C=O) groups excluding carboxylic acids is 1. The molecule has 1 unspecified atom stereocenters. The molecule has 5 nitrogen and oxygen atoms in total. The Morgan fingerprint density at radius 1 is 0.912 bits per heavy atom. The van der Waals surface area contributed by atoms with Gasteiger partial charge in [0.25, 0.3) is 5.91 Å². The SMILES string of the molecule is CCC(C)c1ccccc1OCCOc1ccc(/C=C2/C(=O)N(c3ccccc3)N=C2C)cc1. The highest BCUT2D eigenvalue weighted by molar-refractivity contribution is 6.32. The van der Waals surface area contributed by atoms with Gasteiger partial charge in [-0.1, -0.05) is 62.4 Å². The lowest BCUT2D eigenvalue weighted by molar-refractivity contribution is -0.114. The van der Waals surface area contributed by atoms with Gasteiger partial charge in [-0.25, -0.2) is 0 Å². The van der Waals surface area contributed by atoms with Crippen molar-refractivity contribution in [1.29, 1.82) is 0 Å². The maximum atomic E-state index is 12.9. The number of hydrogen-bond donors (Lipinski definition) is 0. The summed E-state index contributed by atoms with van der Waals surface area (Å²) in [6.45, 7) is 7.16. The van der Waals surface area contributed by atoms with Crippen LogP contribution in [-0.4, -0.2) is 24.8 Å². The fourth-order valence-electron chi connectivity index (χ4n) is 3.81. The second-order valence-electron chi connectivity index (χ2n) is 8.31. The zero-order chi connectivity index (χ0) is 23.9. The summed E-state index contributed by atoms with van der Waals surface area (Å²) < 4.78 is 11.8. The number of ether oxygens (including phenoxy) is 2. The molecule has 3 aromatic carbocycles. The fourth-order valence-corrected chi connectivity index (χ4v) is 3.81. The van der Waals surface area contributed by atoms with Gasteiger partial charge in [-0.2, -0.15) is 10.1 Å². The van der Waals surface area contributed by atoms with E-state index in [2.05, 4.69) is 25.0 Å². The van der Waals surface area contributed by atoms with Gasteiger partial charge in [0, 0.05) is 0 Å². The number of amides is 1. The molecule has 0 bridgehead atoms. The van der Waals surface area contributed by atoms with Crippen LogP contribution in [0.15, 0.2) is 89.5 Å². The van der Waals surface area contributed by atoms with E-state index >= 15 is 0 Å². The second kappa shape index (κ2) is 10.8. The molecule has 0 saturated heterocycles. The normalized spacial score (nSPS) is 15.4. The van der Waals surface area contributed by atoms with E-state index in [4.69, 9.17) is 9.47 Å². The Hall–Kier alpha value is -3.86. The maximum Gasteiger partial charge on any atom is 0.280 e. The number of rotatable bonds is 9. The van der Waals surface area contributed by atoms with Gasteiger partial charge in [-0.05, 0) is 66.8 Å². The van der Waals surface area contributed by atoms with Crippen LogP contribution in [0.3, 0.4) is 0 Å². The van der Waals surface area contributed by atoms with Gasteiger partial charge >= 0.3 is 0 Å². The summed E-state index contributed by atoms with van der Waals surface area (Å²) in [4.78, 5) is 12.9. The first-order valence-corrected chi connectivity index (χ1v) is 11.7. The minimum Gasteiger partial charge on any atom is -0.490 e. The molecule has 0 aliphatic carbocycles. The largest absolute Gasteiger partial charge is 0.490 e. The summed E-state index contributed by atoms with van der Waals surface area (Å²) in [5, 5.41) is 5.87. The molecule has 3 aromatic rings. The third kappa shape index (κ3) is 5.37. The summed E-state index contributed by atoms with van der Waals surface area (Å²) in [7, 11) is 0. The Morgan fingerprint density at radius 3 is 2.32 bits per heavy atom. The van der Waals surface area contributed by atoms with E-state index < -0.39 is 0 Å². The van der Waals surface area contributed by atoms with Gasteiger partial charge in [0.05, 0.1) is 17.0 Å². The third-order valence-corrected chi connectivity index (χ3v) is 5.93. The Labute approximate surface area is 201 Å². The molecule has 1 atom stereocenters. The molecule has 5 heteroatoms. The Balaban J connectivity index is 1.33. The van der Waals surface area contributed by atoms with Crippen LogP contribution >= 0.6 is 0 Å². The summed E-state index contributed by atoms with van der Waals surface area (Å²) in [5.74, 6) is 2.01. The van der Waals surface area contributed by atoms with Crippen molar-refractivity contribution in [2.24, 2.45) is 5.10 Å². The predicted molar refractivity (Wildman–Crippen MR) is 138 cm³/mol. The van der Waals surface area contributed by atoms with E-state index in [1.54, 1.807) is 0 Å². The van der Waals surface area contributed by atoms with Crippen molar-refractivity contribution >= 4 is 23.4 Å². The fraction of sp³-hybridized carbons (Fsp3) is 0.241. The number of anilines is 1. The average Bonchev–Trinajstić information content (AvgIpc) is 3.16. The first-order valence-electron chi connectivity index (χ1n) is 11.7. The molecule has 1 heterocycles. The number of hydrazone groups is 1. The summed E-state index contributed by atoms with van der Waals surface area (Å²) in [6.07, 6.45) is 2.93. The first kappa shape index (κ1) is 23.3. The standard InChI is InChI=1S/C29H30N2O3/c1-4-21(2)26-12-8-9-13-28(26)34-19-18-33-25-16-14-23(15-17-25)20-27-22(3)30-31(29(27)32)24-10-6-5-7-11-24/h5-17,20-21H,4,18-19H2,1-3H3/b27-20+. The molecule has 0 saturated carbocycles. The first-order chi connectivity index (χ1) is 16.6. The van der Waals surface area contributed by atoms with Crippen molar-refractivity contribution in [2.75, 3.05) is 18.2 Å². The average molecular weight is 455 g/mol. The monoisotopic (exact) mass is 454 g/mol. The van der Waals surface area contributed by atoms with Crippen LogP contribution in [-0.2, 0) is 4.79 Å². The quantitative estimate of drug-likeness (QED) is 0.275. The number of nitrogens with zero attached hydrogens (tertiary/aromatic N) is 2. The Morgan fingerprint density at radius 2 is 1.59 bits per heavy atom. The molecule has 1 amide bonds. The van der Waals surface area contributed by atoms with Crippen molar-refractivity contribution < 1.29 is 14.3 Å². The van der Waals surface area contributed by atoms with E-state index in [1.165, 1.54) is 10.6 Å². The smallest absolute Gasteiger partial charge is 0.280 e. The maximum absolute atomic E-state index is 12.9. The predicted octanol–water partition coefficient (Wildman–Crippen LogP) is 6.46.